The molecule has 1 fully saturated rings. The molecule has 0 aliphatic carbocycles. The maximum atomic E-state index is 10.7. The zero-order valence-corrected chi connectivity index (χ0v) is 8.75. The van der Waals surface area contributed by atoms with Gasteiger partial charge in [0.15, 0.2) is 6.10 Å². The number of hydrogen-bond donors (Lipinski definition) is 2. The van der Waals surface area contributed by atoms with Gasteiger partial charge in [-0.25, -0.2) is 14.6 Å². The van der Waals surface area contributed by atoms with E-state index in [9.17, 15) is 9.59 Å². The second-order valence-corrected chi connectivity index (χ2v) is 3.40. The number of aromatic nitrogens is 1. The molecule has 1 aromatic rings. The highest BCUT2D eigenvalue weighted by atomic mass is 16.6. The molecule has 1 aliphatic rings. The molecule has 2 N–H and O–H groups in total. The van der Waals surface area contributed by atoms with Crippen molar-refractivity contribution in [3.63, 3.8) is 0 Å². The van der Waals surface area contributed by atoms with Crippen molar-refractivity contribution in [3.05, 3.63) is 24.0 Å². The SMILES string of the molecule is O=C1NCC(COc2ccc(C(=O)O)nc2)O1. The van der Waals surface area contributed by atoms with Crippen LogP contribution in [0, 0.1) is 0 Å². The van der Waals surface area contributed by atoms with E-state index in [2.05, 4.69) is 10.3 Å². The molecule has 2 heterocycles. The fourth-order valence-electron chi connectivity index (χ4n) is 1.31. The van der Waals surface area contributed by atoms with Gasteiger partial charge in [-0.05, 0) is 12.1 Å². The van der Waals surface area contributed by atoms with Gasteiger partial charge in [0, 0.05) is 0 Å². The van der Waals surface area contributed by atoms with E-state index in [1.54, 1.807) is 0 Å². The topological polar surface area (TPSA) is 97.8 Å². The summed E-state index contributed by atoms with van der Waals surface area (Å²) in [4.78, 5) is 25.0. The highest BCUT2D eigenvalue weighted by Crippen LogP contribution is 2.11. The Morgan fingerprint density at radius 2 is 2.47 bits per heavy atom. The van der Waals surface area contributed by atoms with Gasteiger partial charge < -0.3 is 19.9 Å². The van der Waals surface area contributed by atoms with Gasteiger partial charge in [0.25, 0.3) is 0 Å². The third-order valence-corrected chi connectivity index (χ3v) is 2.14. The molecule has 0 radical (unpaired) electrons. The number of rotatable bonds is 4. The molecule has 1 aromatic heterocycles. The molecule has 2 rings (SSSR count). The Balaban J connectivity index is 1.87. The average Bonchev–Trinajstić information content (AvgIpc) is 2.73. The van der Waals surface area contributed by atoms with Crippen molar-refractivity contribution < 1.29 is 24.2 Å². The predicted molar refractivity (Wildman–Crippen MR) is 55.0 cm³/mol. The molecule has 7 heteroatoms. The monoisotopic (exact) mass is 238 g/mol. The Bertz CT molecular complexity index is 431. The van der Waals surface area contributed by atoms with Gasteiger partial charge in [-0.3, -0.25) is 0 Å². The van der Waals surface area contributed by atoms with Crippen LogP contribution in [0.25, 0.3) is 0 Å². The lowest BCUT2D eigenvalue weighted by Crippen LogP contribution is -2.22. The summed E-state index contributed by atoms with van der Waals surface area (Å²) in [6.07, 6.45) is 0.521. The molecular formula is C10H10N2O5. The molecule has 17 heavy (non-hydrogen) atoms. The van der Waals surface area contributed by atoms with Gasteiger partial charge in [0.1, 0.15) is 18.1 Å². The van der Waals surface area contributed by atoms with Crippen LogP contribution >= 0.6 is 0 Å². The lowest BCUT2D eigenvalue weighted by molar-refractivity contribution is 0.0689. The number of pyridine rings is 1. The number of nitrogens with one attached hydrogen (secondary N) is 1. The number of carbonyl (C=O) groups excluding carboxylic acids is 1. The number of nitrogens with zero attached hydrogens (tertiary/aromatic N) is 1. The first-order valence-electron chi connectivity index (χ1n) is 4.92. The maximum Gasteiger partial charge on any atom is 0.407 e. The van der Waals surface area contributed by atoms with Crippen LogP contribution in [0.2, 0.25) is 0 Å². The zero-order valence-electron chi connectivity index (χ0n) is 8.75. The lowest BCUT2D eigenvalue weighted by Gasteiger charge is -2.09. The summed E-state index contributed by atoms with van der Waals surface area (Å²) in [5.41, 5.74) is -0.0497. The van der Waals surface area contributed by atoms with E-state index in [0.29, 0.717) is 12.3 Å². The van der Waals surface area contributed by atoms with Crippen molar-refractivity contribution in [2.75, 3.05) is 13.2 Å². The van der Waals surface area contributed by atoms with Crippen molar-refractivity contribution in [1.29, 1.82) is 0 Å². The van der Waals surface area contributed by atoms with Gasteiger partial charge in [-0.1, -0.05) is 0 Å². The van der Waals surface area contributed by atoms with Crippen LogP contribution in [0.3, 0.4) is 0 Å². The molecule has 1 unspecified atom stereocenters. The maximum absolute atomic E-state index is 10.7. The molecule has 1 atom stereocenters. The number of amides is 1. The van der Waals surface area contributed by atoms with Crippen molar-refractivity contribution in [1.82, 2.24) is 10.3 Å². The van der Waals surface area contributed by atoms with Crippen molar-refractivity contribution in [3.8, 4) is 5.75 Å². The number of hydrogen-bond acceptors (Lipinski definition) is 5. The summed E-state index contributed by atoms with van der Waals surface area (Å²) in [5, 5.41) is 11.1. The minimum atomic E-state index is -1.09. The highest BCUT2D eigenvalue weighted by molar-refractivity contribution is 5.85. The summed E-state index contributed by atoms with van der Waals surface area (Å²) >= 11 is 0. The number of carboxylic acids is 1. The first kappa shape index (κ1) is 11.2. The van der Waals surface area contributed by atoms with Gasteiger partial charge >= 0.3 is 12.1 Å². The van der Waals surface area contributed by atoms with Gasteiger partial charge in [-0.2, -0.15) is 0 Å². The average molecular weight is 238 g/mol. The summed E-state index contributed by atoms with van der Waals surface area (Å²) in [6, 6.07) is 2.84. The van der Waals surface area contributed by atoms with Crippen LogP contribution in [0.1, 0.15) is 10.5 Å². The molecule has 0 bridgehead atoms. The van der Waals surface area contributed by atoms with E-state index in [1.807, 2.05) is 0 Å². The van der Waals surface area contributed by atoms with Crippen molar-refractivity contribution >= 4 is 12.1 Å². The number of ether oxygens (including phenoxy) is 2. The fourth-order valence-corrected chi connectivity index (χ4v) is 1.31. The Labute approximate surface area is 96.4 Å². The molecule has 1 amide bonds. The fraction of sp³-hybridized carbons (Fsp3) is 0.300. The lowest BCUT2D eigenvalue weighted by atomic mass is 10.3. The largest absolute Gasteiger partial charge is 0.488 e. The van der Waals surface area contributed by atoms with E-state index in [4.69, 9.17) is 14.6 Å². The van der Waals surface area contributed by atoms with Crippen LogP contribution in [0.4, 0.5) is 4.79 Å². The Morgan fingerprint density at radius 3 is 3.00 bits per heavy atom. The zero-order chi connectivity index (χ0) is 12.3. The molecule has 7 nitrogen and oxygen atoms in total. The number of carboxylic acid groups (broad SMARTS) is 1. The predicted octanol–water partition coefficient (Wildman–Crippen LogP) is 0.267. The molecule has 1 saturated heterocycles. The molecular weight excluding hydrogens is 228 g/mol. The van der Waals surface area contributed by atoms with E-state index in [1.165, 1.54) is 18.3 Å². The van der Waals surface area contributed by atoms with E-state index in [-0.39, 0.29) is 18.4 Å². The quantitative estimate of drug-likeness (QED) is 0.781. The molecule has 90 valence electrons. The van der Waals surface area contributed by atoms with Crippen LogP contribution in [0.15, 0.2) is 18.3 Å². The van der Waals surface area contributed by atoms with Crippen LogP contribution < -0.4 is 10.1 Å². The van der Waals surface area contributed by atoms with Crippen molar-refractivity contribution in [2.45, 2.75) is 6.10 Å². The first-order chi connectivity index (χ1) is 8.15. The Hall–Kier alpha value is -2.31. The standard InChI is InChI=1S/C10H10N2O5/c13-9(14)8-2-1-6(3-11-8)16-5-7-4-12-10(15)17-7/h1-3,7H,4-5H2,(H,12,15)(H,13,14). The summed E-state index contributed by atoms with van der Waals surface area (Å²) in [6.45, 7) is 0.603. The van der Waals surface area contributed by atoms with E-state index in [0.717, 1.165) is 0 Å². The third-order valence-electron chi connectivity index (χ3n) is 2.14. The van der Waals surface area contributed by atoms with Crippen LogP contribution in [0.5, 0.6) is 5.75 Å². The number of aromatic carboxylic acids is 1. The second-order valence-electron chi connectivity index (χ2n) is 3.40. The van der Waals surface area contributed by atoms with Crippen molar-refractivity contribution in [2.24, 2.45) is 0 Å². The minimum absolute atomic E-state index is 0.0497. The highest BCUT2D eigenvalue weighted by Gasteiger charge is 2.22. The number of alkyl carbamates (subject to hydrolysis) is 1. The number of cyclic esters (lactones) is 1. The number of carbonyl (C=O) groups is 2. The Morgan fingerprint density at radius 1 is 1.65 bits per heavy atom. The summed E-state index contributed by atoms with van der Waals surface area (Å²) in [5.74, 6) is -0.663. The minimum Gasteiger partial charge on any atom is -0.488 e. The van der Waals surface area contributed by atoms with Crippen LogP contribution in [-0.4, -0.2) is 41.4 Å². The molecule has 0 saturated carbocycles. The summed E-state index contributed by atoms with van der Waals surface area (Å²) in [7, 11) is 0. The molecule has 0 aromatic carbocycles. The Kier molecular flexibility index (Phi) is 3.08. The van der Waals surface area contributed by atoms with Gasteiger partial charge in [0.2, 0.25) is 0 Å². The normalized spacial score (nSPS) is 18.4. The van der Waals surface area contributed by atoms with Gasteiger partial charge in [0.05, 0.1) is 12.7 Å². The molecule has 1 aliphatic heterocycles. The summed E-state index contributed by atoms with van der Waals surface area (Å²) < 4.78 is 10.2. The second kappa shape index (κ2) is 4.69. The third kappa shape index (κ3) is 2.83. The van der Waals surface area contributed by atoms with Crippen LogP contribution in [-0.2, 0) is 4.74 Å². The first-order valence-corrected chi connectivity index (χ1v) is 4.92. The smallest absolute Gasteiger partial charge is 0.407 e. The van der Waals surface area contributed by atoms with E-state index < -0.39 is 12.1 Å². The molecule has 0 spiro atoms. The van der Waals surface area contributed by atoms with Gasteiger partial charge in [-0.15, -0.1) is 0 Å². The van der Waals surface area contributed by atoms with E-state index >= 15 is 0 Å².